The average molecular weight is 364 g/mol. The summed E-state index contributed by atoms with van der Waals surface area (Å²) in [5.74, 6) is 7.02. The van der Waals surface area contributed by atoms with Crippen LogP contribution in [0.3, 0.4) is 0 Å². The maximum absolute atomic E-state index is 12.3. The lowest BCUT2D eigenvalue weighted by Gasteiger charge is -2.06. The minimum Gasteiger partial charge on any atom is -0.449 e. The maximum Gasteiger partial charge on any atom is 0.340 e. The van der Waals surface area contributed by atoms with Gasteiger partial charge < -0.3 is 9.26 Å². The van der Waals surface area contributed by atoms with Gasteiger partial charge in [0.1, 0.15) is 0 Å². The van der Waals surface area contributed by atoms with E-state index in [9.17, 15) is 4.79 Å². The van der Waals surface area contributed by atoms with Crippen molar-refractivity contribution in [2.24, 2.45) is 0 Å². The van der Waals surface area contributed by atoms with Gasteiger partial charge >= 0.3 is 5.97 Å². The molecule has 0 aliphatic heterocycles. The fraction of sp³-hybridized carbons (Fsp3) is 0.150. The van der Waals surface area contributed by atoms with Crippen LogP contribution in [0.4, 0.5) is 0 Å². The number of aromatic nitrogens is 2. The van der Waals surface area contributed by atoms with Crippen LogP contribution >= 0.6 is 11.8 Å². The second kappa shape index (κ2) is 8.88. The zero-order valence-corrected chi connectivity index (χ0v) is 15.0. The molecule has 5 nitrogen and oxygen atoms in total. The van der Waals surface area contributed by atoms with Crippen LogP contribution in [-0.2, 0) is 10.5 Å². The lowest BCUT2D eigenvalue weighted by molar-refractivity contribution is 0.0552. The molecule has 1 aromatic heterocycles. The van der Waals surface area contributed by atoms with Gasteiger partial charge in [-0.15, -0.1) is 11.8 Å². The van der Waals surface area contributed by atoms with Gasteiger partial charge in [-0.1, -0.05) is 47.3 Å². The van der Waals surface area contributed by atoms with Crippen molar-refractivity contribution >= 4 is 17.7 Å². The largest absolute Gasteiger partial charge is 0.449 e. The Labute approximate surface area is 155 Å². The quantitative estimate of drug-likeness (QED) is 0.389. The molecule has 2 aromatic carbocycles. The summed E-state index contributed by atoms with van der Waals surface area (Å²) in [6, 6.07) is 16.8. The van der Waals surface area contributed by atoms with Crippen molar-refractivity contribution in [3.63, 3.8) is 0 Å². The molecule has 130 valence electrons. The maximum atomic E-state index is 12.3. The Kier molecular flexibility index (Phi) is 6.07. The van der Waals surface area contributed by atoms with Crippen LogP contribution in [0.1, 0.15) is 27.6 Å². The number of hydrogen-bond donors (Lipinski definition) is 0. The van der Waals surface area contributed by atoms with Gasteiger partial charge in [0.05, 0.1) is 11.3 Å². The Balaban J connectivity index is 1.59. The summed E-state index contributed by atoms with van der Waals surface area (Å²) in [6.45, 7) is 1.78. The first-order chi connectivity index (χ1) is 12.7. The first-order valence-electron chi connectivity index (χ1n) is 7.94. The predicted octanol–water partition coefficient (Wildman–Crippen LogP) is 3.88. The summed E-state index contributed by atoms with van der Waals surface area (Å²) in [5, 5.41) is 3.85. The number of carbonyl (C=O) groups is 1. The SMILES string of the molecule is Cc1nc(CSc2ccccc2C(=O)OCC#Cc2ccccc2)no1. The van der Waals surface area contributed by atoms with Gasteiger partial charge in [0, 0.05) is 17.4 Å². The molecular weight excluding hydrogens is 348 g/mol. The Morgan fingerprint density at radius 3 is 2.69 bits per heavy atom. The molecule has 6 heteroatoms. The third-order valence-corrected chi connectivity index (χ3v) is 4.38. The number of hydrogen-bond acceptors (Lipinski definition) is 6. The molecule has 0 radical (unpaired) electrons. The highest BCUT2D eigenvalue weighted by atomic mass is 32.2. The summed E-state index contributed by atoms with van der Waals surface area (Å²) in [6.07, 6.45) is 0. The standard InChI is InChI=1S/C20H16N2O3S/c1-15-21-19(22-25-15)14-26-18-12-6-5-11-17(18)20(23)24-13-7-10-16-8-3-2-4-9-16/h2-6,8-9,11-12H,13-14H2,1H3. The Bertz CT molecular complexity index is 942. The molecular formula is C20H16N2O3S. The van der Waals surface area contributed by atoms with Gasteiger partial charge in [-0.25, -0.2) is 4.79 Å². The Morgan fingerprint density at radius 1 is 1.15 bits per heavy atom. The predicted molar refractivity (Wildman–Crippen MR) is 98.6 cm³/mol. The van der Waals surface area contributed by atoms with Crippen molar-refractivity contribution in [2.45, 2.75) is 17.6 Å². The van der Waals surface area contributed by atoms with Gasteiger partial charge in [0.25, 0.3) is 0 Å². The van der Waals surface area contributed by atoms with E-state index in [1.807, 2.05) is 42.5 Å². The first-order valence-corrected chi connectivity index (χ1v) is 8.93. The van der Waals surface area contributed by atoms with Crippen molar-refractivity contribution in [3.05, 3.63) is 77.4 Å². The van der Waals surface area contributed by atoms with Gasteiger partial charge in [-0.05, 0) is 24.3 Å². The monoisotopic (exact) mass is 364 g/mol. The number of benzene rings is 2. The van der Waals surface area contributed by atoms with Crippen LogP contribution in [0.25, 0.3) is 0 Å². The van der Waals surface area contributed by atoms with E-state index in [4.69, 9.17) is 9.26 Å². The van der Waals surface area contributed by atoms with Gasteiger partial charge in [0.15, 0.2) is 12.4 Å². The topological polar surface area (TPSA) is 65.2 Å². The van der Waals surface area contributed by atoms with E-state index in [2.05, 4.69) is 22.0 Å². The van der Waals surface area contributed by atoms with Crippen molar-refractivity contribution in [2.75, 3.05) is 6.61 Å². The number of esters is 1. The summed E-state index contributed by atoms with van der Waals surface area (Å²) >= 11 is 1.46. The highest BCUT2D eigenvalue weighted by Crippen LogP contribution is 2.26. The molecule has 0 aliphatic carbocycles. The fourth-order valence-electron chi connectivity index (χ4n) is 2.14. The van der Waals surface area contributed by atoms with Gasteiger partial charge in [-0.3, -0.25) is 0 Å². The van der Waals surface area contributed by atoms with Crippen LogP contribution in [0.2, 0.25) is 0 Å². The molecule has 3 aromatic rings. The number of rotatable bonds is 5. The molecule has 1 heterocycles. The summed E-state index contributed by atoms with van der Waals surface area (Å²) < 4.78 is 10.2. The molecule has 0 N–H and O–H groups in total. The number of aryl methyl sites for hydroxylation is 1. The van der Waals surface area contributed by atoms with E-state index >= 15 is 0 Å². The second-order valence-electron chi connectivity index (χ2n) is 5.26. The zero-order chi connectivity index (χ0) is 18.2. The average Bonchev–Trinajstić information content (AvgIpc) is 3.10. The van der Waals surface area contributed by atoms with E-state index in [-0.39, 0.29) is 6.61 Å². The van der Waals surface area contributed by atoms with Crippen molar-refractivity contribution in [1.29, 1.82) is 0 Å². The smallest absolute Gasteiger partial charge is 0.340 e. The highest BCUT2D eigenvalue weighted by Gasteiger charge is 2.13. The second-order valence-corrected chi connectivity index (χ2v) is 6.28. The normalized spacial score (nSPS) is 10.0. The molecule has 0 saturated heterocycles. The summed E-state index contributed by atoms with van der Waals surface area (Å²) in [5.41, 5.74) is 1.38. The summed E-state index contributed by atoms with van der Waals surface area (Å²) in [4.78, 5) is 17.3. The van der Waals surface area contributed by atoms with Crippen molar-refractivity contribution < 1.29 is 14.1 Å². The minimum atomic E-state index is -0.403. The number of carbonyl (C=O) groups excluding carboxylic acids is 1. The van der Waals surface area contributed by atoms with E-state index < -0.39 is 5.97 Å². The molecule has 0 bridgehead atoms. The molecule has 0 spiro atoms. The Hall–Kier alpha value is -3.04. The number of thioether (sulfide) groups is 1. The molecule has 0 amide bonds. The third-order valence-electron chi connectivity index (χ3n) is 3.32. The van der Waals surface area contributed by atoms with E-state index in [1.54, 1.807) is 19.1 Å². The molecule has 0 aliphatic rings. The fourth-order valence-corrected chi connectivity index (χ4v) is 3.03. The van der Waals surface area contributed by atoms with Gasteiger partial charge in [-0.2, -0.15) is 4.98 Å². The van der Waals surface area contributed by atoms with E-state index in [1.165, 1.54) is 11.8 Å². The van der Waals surface area contributed by atoms with Crippen LogP contribution < -0.4 is 0 Å². The first kappa shape index (κ1) is 17.8. The molecule has 0 saturated carbocycles. The minimum absolute atomic E-state index is 0.0385. The van der Waals surface area contributed by atoms with Crippen LogP contribution in [-0.4, -0.2) is 22.7 Å². The van der Waals surface area contributed by atoms with E-state index in [0.29, 0.717) is 23.0 Å². The molecule has 26 heavy (non-hydrogen) atoms. The number of nitrogens with zero attached hydrogens (tertiary/aromatic N) is 2. The molecule has 3 rings (SSSR count). The highest BCUT2D eigenvalue weighted by molar-refractivity contribution is 7.98. The van der Waals surface area contributed by atoms with E-state index in [0.717, 1.165) is 10.5 Å². The van der Waals surface area contributed by atoms with Crippen LogP contribution in [0.5, 0.6) is 0 Å². The summed E-state index contributed by atoms with van der Waals surface area (Å²) in [7, 11) is 0. The molecule has 0 atom stereocenters. The lowest BCUT2D eigenvalue weighted by Crippen LogP contribution is -2.07. The Morgan fingerprint density at radius 2 is 1.92 bits per heavy atom. The van der Waals surface area contributed by atoms with Crippen molar-refractivity contribution in [1.82, 2.24) is 10.1 Å². The molecule has 0 unspecified atom stereocenters. The van der Waals surface area contributed by atoms with Crippen LogP contribution in [0, 0.1) is 18.8 Å². The third kappa shape index (κ3) is 4.98. The number of ether oxygens (including phenoxy) is 1. The lowest BCUT2D eigenvalue weighted by atomic mass is 10.2. The van der Waals surface area contributed by atoms with Crippen LogP contribution in [0.15, 0.2) is 64.0 Å². The van der Waals surface area contributed by atoms with Crippen molar-refractivity contribution in [3.8, 4) is 11.8 Å². The van der Waals surface area contributed by atoms with Gasteiger partial charge in [0.2, 0.25) is 5.89 Å². The molecule has 0 fully saturated rings. The zero-order valence-electron chi connectivity index (χ0n) is 14.1.